The number of rotatable bonds is 5. The van der Waals surface area contributed by atoms with Gasteiger partial charge in [0.2, 0.25) is 5.95 Å². The van der Waals surface area contributed by atoms with Crippen molar-refractivity contribution in [1.29, 1.82) is 0 Å². The van der Waals surface area contributed by atoms with Crippen LogP contribution in [0.25, 0.3) is 11.0 Å². The molecule has 3 rings (SSSR count). The van der Waals surface area contributed by atoms with Gasteiger partial charge >= 0.3 is 0 Å². The maximum Gasteiger partial charge on any atom is 0.226 e. The Hall–Kier alpha value is -2.64. The van der Waals surface area contributed by atoms with E-state index in [1.165, 1.54) is 0 Å². The van der Waals surface area contributed by atoms with Gasteiger partial charge < -0.3 is 15.2 Å². The number of imidazole rings is 1. The number of anilines is 2. The number of fused-ring (bicyclic) bond motifs is 1. The van der Waals surface area contributed by atoms with Crippen LogP contribution in [0, 0.1) is 0 Å². The van der Waals surface area contributed by atoms with Crippen LogP contribution < -0.4 is 10.6 Å². The van der Waals surface area contributed by atoms with Crippen LogP contribution in [-0.2, 0) is 13.6 Å². The van der Waals surface area contributed by atoms with E-state index in [2.05, 4.69) is 35.8 Å². The first-order valence-corrected chi connectivity index (χ1v) is 6.43. The Kier molecular flexibility index (Phi) is 3.20. The Morgan fingerprint density at radius 2 is 2.20 bits per heavy atom. The third-order valence-electron chi connectivity index (χ3n) is 2.98. The number of aryl methyl sites for hydroxylation is 1. The second-order valence-electron chi connectivity index (χ2n) is 4.37. The maximum absolute atomic E-state index is 4.46. The van der Waals surface area contributed by atoms with E-state index in [-0.39, 0.29) is 0 Å². The lowest BCUT2D eigenvalue weighted by Gasteiger charge is -2.08. The predicted octanol–water partition coefficient (Wildman–Crippen LogP) is 1.13. The standard InChI is InChI=1S/C12H16N8/c1-3-13-12-17-10(8-6-16-19-11(8)18-12)15-7-9-14-4-5-20(9)2/h4-6H,3,7H2,1-2H3,(H3,13,15,16,17,18,19). The highest BCUT2D eigenvalue weighted by Gasteiger charge is 2.09. The van der Waals surface area contributed by atoms with E-state index in [9.17, 15) is 0 Å². The monoisotopic (exact) mass is 272 g/mol. The van der Waals surface area contributed by atoms with E-state index in [1.807, 2.05) is 24.7 Å². The van der Waals surface area contributed by atoms with Gasteiger partial charge in [0.15, 0.2) is 5.65 Å². The summed E-state index contributed by atoms with van der Waals surface area (Å²) in [5, 5.41) is 14.1. The molecular formula is C12H16N8. The van der Waals surface area contributed by atoms with Crippen LogP contribution in [0.4, 0.5) is 11.8 Å². The highest BCUT2D eigenvalue weighted by molar-refractivity contribution is 5.86. The fraction of sp³-hybridized carbons (Fsp3) is 0.333. The number of hydrogen-bond donors (Lipinski definition) is 3. The largest absolute Gasteiger partial charge is 0.362 e. The summed E-state index contributed by atoms with van der Waals surface area (Å²) in [4.78, 5) is 13.1. The highest BCUT2D eigenvalue weighted by atomic mass is 15.2. The molecule has 0 aliphatic heterocycles. The Labute approximate surface area is 115 Å². The quantitative estimate of drug-likeness (QED) is 0.644. The minimum absolute atomic E-state index is 0.576. The molecule has 104 valence electrons. The van der Waals surface area contributed by atoms with E-state index in [0.29, 0.717) is 18.1 Å². The Morgan fingerprint density at radius 3 is 2.95 bits per heavy atom. The van der Waals surface area contributed by atoms with Crippen LogP contribution >= 0.6 is 0 Å². The number of hydrogen-bond acceptors (Lipinski definition) is 6. The van der Waals surface area contributed by atoms with Crippen molar-refractivity contribution >= 4 is 22.8 Å². The zero-order valence-corrected chi connectivity index (χ0v) is 11.4. The van der Waals surface area contributed by atoms with Crippen molar-refractivity contribution in [3.05, 3.63) is 24.4 Å². The first-order valence-electron chi connectivity index (χ1n) is 6.43. The van der Waals surface area contributed by atoms with E-state index >= 15 is 0 Å². The van der Waals surface area contributed by atoms with Crippen molar-refractivity contribution < 1.29 is 0 Å². The summed E-state index contributed by atoms with van der Waals surface area (Å²) in [7, 11) is 1.96. The van der Waals surface area contributed by atoms with Crippen LogP contribution in [0.2, 0.25) is 0 Å². The van der Waals surface area contributed by atoms with E-state index in [4.69, 9.17) is 0 Å². The van der Waals surface area contributed by atoms with E-state index in [0.717, 1.165) is 23.6 Å². The number of nitrogens with one attached hydrogen (secondary N) is 3. The summed E-state index contributed by atoms with van der Waals surface area (Å²) < 4.78 is 1.96. The summed E-state index contributed by atoms with van der Waals surface area (Å²) in [5.41, 5.74) is 0.707. The van der Waals surface area contributed by atoms with Crippen molar-refractivity contribution in [1.82, 2.24) is 29.7 Å². The van der Waals surface area contributed by atoms with Gasteiger partial charge in [-0.1, -0.05) is 0 Å². The van der Waals surface area contributed by atoms with Crippen molar-refractivity contribution in [2.75, 3.05) is 17.2 Å². The molecule has 20 heavy (non-hydrogen) atoms. The van der Waals surface area contributed by atoms with Gasteiger partial charge in [-0.05, 0) is 6.92 Å². The third kappa shape index (κ3) is 2.27. The van der Waals surface area contributed by atoms with Crippen molar-refractivity contribution in [2.45, 2.75) is 13.5 Å². The highest BCUT2D eigenvalue weighted by Crippen LogP contribution is 2.20. The average molecular weight is 272 g/mol. The fourth-order valence-electron chi connectivity index (χ4n) is 1.94. The molecule has 0 aliphatic rings. The maximum atomic E-state index is 4.46. The Balaban J connectivity index is 1.89. The minimum atomic E-state index is 0.576. The summed E-state index contributed by atoms with van der Waals surface area (Å²) >= 11 is 0. The summed E-state index contributed by atoms with van der Waals surface area (Å²) in [6, 6.07) is 0. The molecule has 3 aromatic heterocycles. The zero-order valence-electron chi connectivity index (χ0n) is 11.4. The summed E-state index contributed by atoms with van der Waals surface area (Å²) in [6.07, 6.45) is 5.40. The fourth-order valence-corrected chi connectivity index (χ4v) is 1.94. The Bertz CT molecular complexity index is 713. The van der Waals surface area contributed by atoms with Crippen molar-refractivity contribution in [2.24, 2.45) is 7.05 Å². The molecular weight excluding hydrogens is 256 g/mol. The van der Waals surface area contributed by atoms with Gasteiger partial charge in [-0.2, -0.15) is 15.1 Å². The predicted molar refractivity (Wildman–Crippen MR) is 76.4 cm³/mol. The number of aromatic nitrogens is 6. The van der Waals surface area contributed by atoms with Crippen LogP contribution in [0.15, 0.2) is 18.6 Å². The smallest absolute Gasteiger partial charge is 0.226 e. The first kappa shape index (κ1) is 12.4. The van der Waals surface area contributed by atoms with Crippen LogP contribution in [0.5, 0.6) is 0 Å². The number of nitrogens with zero attached hydrogens (tertiary/aromatic N) is 5. The van der Waals surface area contributed by atoms with Gasteiger partial charge in [-0.25, -0.2) is 4.98 Å². The normalized spacial score (nSPS) is 10.9. The molecule has 3 heterocycles. The van der Waals surface area contributed by atoms with Gasteiger partial charge in [0.05, 0.1) is 18.1 Å². The molecule has 3 N–H and O–H groups in total. The first-order chi connectivity index (χ1) is 9.78. The number of aromatic amines is 1. The SMILES string of the molecule is CCNc1nc(NCc2nccn2C)c2cn[nH]c2n1. The third-order valence-corrected chi connectivity index (χ3v) is 2.98. The van der Waals surface area contributed by atoms with Gasteiger partial charge in [-0.15, -0.1) is 0 Å². The molecule has 3 aromatic rings. The molecule has 0 saturated heterocycles. The van der Waals surface area contributed by atoms with Gasteiger partial charge in [0.25, 0.3) is 0 Å². The zero-order chi connectivity index (χ0) is 13.9. The lowest BCUT2D eigenvalue weighted by molar-refractivity contribution is 0.811. The molecule has 0 bridgehead atoms. The summed E-state index contributed by atoms with van der Waals surface area (Å²) in [5.74, 6) is 2.25. The molecule has 0 aromatic carbocycles. The molecule has 0 fully saturated rings. The van der Waals surface area contributed by atoms with Crippen molar-refractivity contribution in [3.8, 4) is 0 Å². The molecule has 8 heteroatoms. The molecule has 0 atom stereocenters. The van der Waals surface area contributed by atoms with E-state index < -0.39 is 0 Å². The van der Waals surface area contributed by atoms with Gasteiger partial charge in [0.1, 0.15) is 11.6 Å². The Morgan fingerprint density at radius 1 is 1.30 bits per heavy atom. The lowest BCUT2D eigenvalue weighted by Crippen LogP contribution is -2.09. The van der Waals surface area contributed by atoms with Gasteiger partial charge in [0, 0.05) is 26.0 Å². The van der Waals surface area contributed by atoms with Crippen LogP contribution in [0.3, 0.4) is 0 Å². The molecule has 0 aliphatic carbocycles. The molecule has 0 unspecified atom stereocenters. The second-order valence-corrected chi connectivity index (χ2v) is 4.37. The van der Waals surface area contributed by atoms with E-state index in [1.54, 1.807) is 12.4 Å². The van der Waals surface area contributed by atoms with Crippen molar-refractivity contribution in [3.63, 3.8) is 0 Å². The average Bonchev–Trinajstić information content (AvgIpc) is 3.05. The number of H-pyrrole nitrogens is 1. The molecule has 8 nitrogen and oxygen atoms in total. The molecule has 0 spiro atoms. The minimum Gasteiger partial charge on any atom is -0.362 e. The second kappa shape index (κ2) is 5.16. The lowest BCUT2D eigenvalue weighted by atomic mass is 10.4. The molecule has 0 radical (unpaired) electrons. The van der Waals surface area contributed by atoms with Crippen LogP contribution in [0.1, 0.15) is 12.7 Å². The topological polar surface area (TPSA) is 96.3 Å². The molecule has 0 saturated carbocycles. The van der Waals surface area contributed by atoms with Gasteiger partial charge in [-0.3, -0.25) is 5.10 Å². The summed E-state index contributed by atoms with van der Waals surface area (Å²) in [6.45, 7) is 3.35. The van der Waals surface area contributed by atoms with Crippen LogP contribution in [-0.4, -0.2) is 36.3 Å². The molecule has 0 amide bonds.